The first-order valence-electron chi connectivity index (χ1n) is 9.43. The Labute approximate surface area is 172 Å². The third kappa shape index (κ3) is 4.51. The van der Waals surface area contributed by atoms with Crippen molar-refractivity contribution in [2.24, 2.45) is 0 Å². The van der Waals surface area contributed by atoms with Gasteiger partial charge in [-0.15, -0.1) is 0 Å². The summed E-state index contributed by atoms with van der Waals surface area (Å²) in [6.07, 6.45) is 7.20. The Kier molecular flexibility index (Phi) is 5.67. The van der Waals surface area contributed by atoms with Crippen molar-refractivity contribution in [3.8, 4) is 11.1 Å². The van der Waals surface area contributed by atoms with Crippen LogP contribution in [0.4, 0.5) is 0 Å². The standard InChI is InChI=1S/C22H22N4O2S/c1-17-21(19-5-3-2-4-6-19)14-25(24-17)15-22(27)26(20-9-12-29(28)16-20)13-18-7-10-23-11-8-18/h2-12,14,20H,13,15-16H2,1H3. The quantitative estimate of drug-likeness (QED) is 0.631. The van der Waals surface area contributed by atoms with E-state index < -0.39 is 10.8 Å². The van der Waals surface area contributed by atoms with Crippen molar-refractivity contribution >= 4 is 16.7 Å². The van der Waals surface area contributed by atoms with Gasteiger partial charge in [-0.25, -0.2) is 0 Å². The fourth-order valence-corrected chi connectivity index (χ4v) is 4.55. The van der Waals surface area contributed by atoms with Gasteiger partial charge >= 0.3 is 0 Å². The molecular formula is C22H22N4O2S. The molecule has 7 heteroatoms. The maximum Gasteiger partial charge on any atom is 0.245 e. The number of pyridine rings is 1. The summed E-state index contributed by atoms with van der Waals surface area (Å²) in [7, 11) is -1.03. The molecule has 0 bridgehead atoms. The number of aryl methyl sites for hydroxylation is 1. The zero-order chi connectivity index (χ0) is 20.2. The van der Waals surface area contributed by atoms with E-state index in [0.29, 0.717) is 12.3 Å². The van der Waals surface area contributed by atoms with E-state index in [1.54, 1.807) is 27.4 Å². The van der Waals surface area contributed by atoms with E-state index in [4.69, 9.17) is 0 Å². The number of amides is 1. The van der Waals surface area contributed by atoms with Gasteiger partial charge in [0.25, 0.3) is 0 Å². The van der Waals surface area contributed by atoms with Gasteiger partial charge in [-0.05, 0) is 30.2 Å². The minimum absolute atomic E-state index is 0.0579. The van der Waals surface area contributed by atoms with Gasteiger partial charge in [0.05, 0.1) is 17.5 Å². The molecule has 2 atom stereocenters. The minimum Gasteiger partial charge on any atom is -0.329 e. The highest BCUT2D eigenvalue weighted by Gasteiger charge is 2.27. The van der Waals surface area contributed by atoms with E-state index in [1.165, 1.54) is 0 Å². The molecule has 1 aliphatic rings. The third-order valence-corrected chi connectivity index (χ3v) is 6.07. The third-order valence-electron chi connectivity index (χ3n) is 4.94. The molecule has 0 saturated heterocycles. The molecule has 29 heavy (non-hydrogen) atoms. The second kappa shape index (κ2) is 8.53. The molecule has 1 aliphatic heterocycles. The molecule has 2 unspecified atom stereocenters. The van der Waals surface area contributed by atoms with E-state index in [0.717, 1.165) is 22.4 Å². The lowest BCUT2D eigenvalue weighted by Crippen LogP contribution is -2.41. The van der Waals surface area contributed by atoms with E-state index >= 15 is 0 Å². The number of rotatable bonds is 6. The first kappa shape index (κ1) is 19.3. The Morgan fingerprint density at radius 3 is 2.66 bits per heavy atom. The van der Waals surface area contributed by atoms with Crippen LogP contribution in [-0.2, 0) is 28.7 Å². The van der Waals surface area contributed by atoms with Crippen molar-refractivity contribution in [1.82, 2.24) is 19.7 Å². The number of carbonyl (C=O) groups excluding carboxylic acids is 1. The molecule has 0 radical (unpaired) electrons. The first-order valence-corrected chi connectivity index (χ1v) is 10.8. The van der Waals surface area contributed by atoms with Crippen molar-refractivity contribution in [2.45, 2.75) is 26.1 Å². The van der Waals surface area contributed by atoms with Gasteiger partial charge in [-0.1, -0.05) is 36.4 Å². The Morgan fingerprint density at radius 1 is 1.21 bits per heavy atom. The molecule has 1 aromatic carbocycles. The molecule has 0 N–H and O–H groups in total. The predicted molar refractivity (Wildman–Crippen MR) is 113 cm³/mol. The molecule has 0 saturated carbocycles. The smallest absolute Gasteiger partial charge is 0.245 e. The van der Waals surface area contributed by atoms with E-state index in [9.17, 15) is 9.00 Å². The number of nitrogens with zero attached hydrogens (tertiary/aromatic N) is 4. The van der Waals surface area contributed by atoms with Crippen LogP contribution in [0.5, 0.6) is 0 Å². The van der Waals surface area contributed by atoms with Crippen molar-refractivity contribution in [1.29, 1.82) is 0 Å². The molecular weight excluding hydrogens is 384 g/mol. The zero-order valence-electron chi connectivity index (χ0n) is 16.1. The topological polar surface area (TPSA) is 68.1 Å². The molecule has 3 aromatic rings. The zero-order valence-corrected chi connectivity index (χ0v) is 17.0. The predicted octanol–water partition coefficient (Wildman–Crippen LogP) is 2.93. The lowest BCUT2D eigenvalue weighted by molar-refractivity contribution is -0.133. The molecule has 1 amide bonds. The van der Waals surface area contributed by atoms with E-state index in [-0.39, 0.29) is 18.5 Å². The highest BCUT2D eigenvalue weighted by atomic mass is 32.2. The molecule has 2 aromatic heterocycles. The van der Waals surface area contributed by atoms with Crippen molar-refractivity contribution in [3.63, 3.8) is 0 Å². The normalized spacial score (nSPS) is 18.1. The van der Waals surface area contributed by atoms with Gasteiger partial charge in [-0.2, -0.15) is 5.10 Å². The Morgan fingerprint density at radius 2 is 1.97 bits per heavy atom. The largest absolute Gasteiger partial charge is 0.329 e. The van der Waals surface area contributed by atoms with Crippen LogP contribution in [0.1, 0.15) is 11.3 Å². The summed E-state index contributed by atoms with van der Waals surface area (Å²) < 4.78 is 13.5. The summed E-state index contributed by atoms with van der Waals surface area (Å²) >= 11 is 0. The SMILES string of the molecule is Cc1nn(CC(=O)N(Cc2ccncc2)C2C=CS(=O)C2)cc1-c1ccccc1. The maximum atomic E-state index is 13.2. The molecule has 0 spiro atoms. The van der Waals surface area contributed by atoms with Crippen LogP contribution < -0.4 is 0 Å². The minimum atomic E-state index is -1.03. The van der Waals surface area contributed by atoms with Crippen LogP contribution in [0.2, 0.25) is 0 Å². The monoisotopic (exact) mass is 406 g/mol. The van der Waals surface area contributed by atoms with Crippen LogP contribution in [-0.4, -0.2) is 41.6 Å². The molecule has 3 heterocycles. The van der Waals surface area contributed by atoms with Crippen molar-refractivity contribution in [2.75, 3.05) is 5.75 Å². The number of hydrogen-bond donors (Lipinski definition) is 0. The van der Waals surface area contributed by atoms with Gasteiger partial charge in [0.1, 0.15) is 6.54 Å². The summed E-state index contributed by atoms with van der Waals surface area (Å²) in [5, 5.41) is 6.21. The first-order chi connectivity index (χ1) is 14.1. The fraction of sp³-hybridized carbons (Fsp3) is 0.227. The van der Waals surface area contributed by atoms with Crippen LogP contribution in [0.3, 0.4) is 0 Å². The lowest BCUT2D eigenvalue weighted by atomic mass is 10.1. The van der Waals surface area contributed by atoms with Crippen molar-refractivity contribution < 1.29 is 9.00 Å². The van der Waals surface area contributed by atoms with Gasteiger partial charge in [0.2, 0.25) is 5.91 Å². The molecule has 0 fully saturated rings. The van der Waals surface area contributed by atoms with E-state index in [2.05, 4.69) is 10.1 Å². The van der Waals surface area contributed by atoms with E-state index in [1.807, 2.05) is 61.7 Å². The van der Waals surface area contributed by atoms with Crippen molar-refractivity contribution in [3.05, 3.63) is 83.8 Å². The fourth-order valence-electron chi connectivity index (χ4n) is 3.46. The average Bonchev–Trinajstić information content (AvgIpc) is 3.32. The summed E-state index contributed by atoms with van der Waals surface area (Å²) in [4.78, 5) is 19.0. The van der Waals surface area contributed by atoms with Crippen LogP contribution in [0, 0.1) is 6.92 Å². The maximum absolute atomic E-state index is 13.2. The van der Waals surface area contributed by atoms with Crippen LogP contribution >= 0.6 is 0 Å². The number of carbonyl (C=O) groups is 1. The molecule has 6 nitrogen and oxygen atoms in total. The Hall–Kier alpha value is -3.06. The van der Waals surface area contributed by atoms with Crippen LogP contribution in [0.15, 0.2) is 72.5 Å². The molecule has 148 valence electrons. The second-order valence-corrected chi connectivity index (χ2v) is 8.38. The number of hydrogen-bond acceptors (Lipinski definition) is 4. The summed E-state index contributed by atoms with van der Waals surface area (Å²) in [5.41, 5.74) is 3.96. The summed E-state index contributed by atoms with van der Waals surface area (Å²) in [5.74, 6) is 0.377. The number of benzene rings is 1. The van der Waals surface area contributed by atoms with Gasteiger partial charge in [0, 0.05) is 46.9 Å². The van der Waals surface area contributed by atoms with Gasteiger partial charge < -0.3 is 4.90 Å². The molecule has 0 aliphatic carbocycles. The molecule has 4 rings (SSSR count). The second-order valence-electron chi connectivity index (χ2n) is 7.01. The number of aromatic nitrogens is 3. The summed E-state index contributed by atoms with van der Waals surface area (Å²) in [6.45, 7) is 2.52. The van der Waals surface area contributed by atoms with Gasteiger partial charge in [-0.3, -0.25) is 18.7 Å². The van der Waals surface area contributed by atoms with Gasteiger partial charge in [0.15, 0.2) is 0 Å². The van der Waals surface area contributed by atoms with Crippen LogP contribution in [0.25, 0.3) is 11.1 Å². The Bertz CT molecular complexity index is 1050. The highest BCUT2D eigenvalue weighted by Crippen LogP contribution is 2.22. The Balaban J connectivity index is 1.55. The average molecular weight is 407 g/mol. The highest BCUT2D eigenvalue weighted by molar-refractivity contribution is 7.88. The lowest BCUT2D eigenvalue weighted by Gasteiger charge is -2.27. The summed E-state index contributed by atoms with van der Waals surface area (Å²) in [6, 6.07) is 13.6.